The number of fused-ring (bicyclic) bond motifs is 3. The van der Waals surface area contributed by atoms with E-state index in [4.69, 9.17) is 13.6 Å². The molecular weight excluding hydrogens is 511 g/mol. The third-order valence-corrected chi connectivity index (χ3v) is 7.45. The van der Waals surface area contributed by atoms with Crippen molar-refractivity contribution in [1.29, 1.82) is 0 Å². The van der Waals surface area contributed by atoms with E-state index in [1.165, 1.54) is 0 Å². The van der Waals surface area contributed by atoms with Crippen LogP contribution < -0.4 is 13.6 Å². The maximum absolute atomic E-state index is 6.27. The second-order valence-electron chi connectivity index (χ2n) is 9.18. The smallest absolute Gasteiger partial charge is 0.408 e. The summed E-state index contributed by atoms with van der Waals surface area (Å²) < 4.78 is 18.8. The first-order valence-electron chi connectivity index (χ1n) is 13.1. The summed E-state index contributed by atoms with van der Waals surface area (Å²) in [5, 5.41) is 6.78. The molecule has 0 aliphatic carbocycles. The van der Waals surface area contributed by atoms with Gasteiger partial charge in [0.15, 0.2) is 0 Å². The molecule has 0 atom stereocenters. The molecule has 3 nitrogen and oxygen atoms in total. The quantitative estimate of drug-likeness (QED) is 0.197. The average Bonchev–Trinajstić information content (AvgIpc) is 3.02. The van der Waals surface area contributed by atoms with Gasteiger partial charge in [0.05, 0.1) is 0 Å². The molecule has 0 amide bonds. The molecule has 194 valence electrons. The first-order chi connectivity index (χ1) is 19.8. The normalized spacial score (nSPS) is 10.7. The summed E-state index contributed by atoms with van der Waals surface area (Å²) in [6, 6.07) is 54.6. The van der Waals surface area contributed by atoms with Gasteiger partial charge in [-0.3, -0.25) is 0 Å². The van der Waals surface area contributed by atoms with E-state index in [2.05, 4.69) is 36.4 Å². The maximum Gasteiger partial charge on any atom is 0.530 e. The molecule has 0 N–H and O–H groups in total. The molecular formula is C36H27O3P. The minimum Gasteiger partial charge on any atom is -0.408 e. The van der Waals surface area contributed by atoms with Crippen LogP contribution in [0.5, 0.6) is 17.2 Å². The van der Waals surface area contributed by atoms with E-state index < -0.39 is 8.60 Å². The number of rotatable bonds is 6. The van der Waals surface area contributed by atoms with Crippen LogP contribution in [0.4, 0.5) is 0 Å². The van der Waals surface area contributed by atoms with E-state index in [-0.39, 0.29) is 0 Å². The zero-order chi connectivity index (χ0) is 27.0. The Labute approximate surface area is 235 Å². The van der Waals surface area contributed by atoms with Crippen LogP contribution >= 0.6 is 8.60 Å². The highest BCUT2D eigenvalue weighted by atomic mass is 31.2. The van der Waals surface area contributed by atoms with Gasteiger partial charge in [-0.15, -0.1) is 0 Å². The van der Waals surface area contributed by atoms with Crippen molar-refractivity contribution >= 4 is 40.9 Å². The Hall–Kier alpha value is -4.85. The molecule has 0 aliphatic heterocycles. The van der Waals surface area contributed by atoms with Crippen LogP contribution in [0.2, 0.25) is 0 Å². The molecule has 0 spiro atoms. The van der Waals surface area contributed by atoms with Crippen LogP contribution in [0.3, 0.4) is 0 Å². The van der Waals surface area contributed by atoms with Gasteiger partial charge >= 0.3 is 8.60 Å². The summed E-state index contributed by atoms with van der Waals surface area (Å²) in [5.41, 5.74) is 0. The Balaban J connectivity index is 0.000000429. The van der Waals surface area contributed by atoms with Gasteiger partial charge in [-0.25, -0.2) is 0 Å². The van der Waals surface area contributed by atoms with E-state index in [9.17, 15) is 0 Å². The van der Waals surface area contributed by atoms with Crippen LogP contribution in [-0.2, 0) is 0 Å². The highest BCUT2D eigenvalue weighted by molar-refractivity contribution is 7.43. The highest BCUT2D eigenvalue weighted by Crippen LogP contribution is 2.43. The molecule has 0 fully saturated rings. The van der Waals surface area contributed by atoms with Crippen molar-refractivity contribution < 1.29 is 13.6 Å². The second-order valence-corrected chi connectivity index (χ2v) is 10.2. The molecule has 0 aliphatic rings. The van der Waals surface area contributed by atoms with Gasteiger partial charge in [0.1, 0.15) is 17.2 Å². The van der Waals surface area contributed by atoms with Crippen molar-refractivity contribution in [3.63, 3.8) is 0 Å². The first kappa shape index (κ1) is 25.4. The van der Waals surface area contributed by atoms with Crippen molar-refractivity contribution in [2.75, 3.05) is 0 Å². The van der Waals surface area contributed by atoms with E-state index in [1.54, 1.807) is 0 Å². The van der Waals surface area contributed by atoms with Crippen LogP contribution in [0.15, 0.2) is 164 Å². The van der Waals surface area contributed by atoms with E-state index in [0.717, 1.165) is 32.3 Å². The largest absolute Gasteiger partial charge is 0.530 e. The Morgan fingerprint density at radius 3 is 0.850 bits per heavy atom. The van der Waals surface area contributed by atoms with Crippen molar-refractivity contribution in [3.8, 4) is 17.2 Å². The van der Waals surface area contributed by atoms with Gasteiger partial charge in [0, 0.05) is 0 Å². The molecule has 4 heteroatoms. The fraction of sp³-hybridized carbons (Fsp3) is 0. The highest BCUT2D eigenvalue weighted by Gasteiger charge is 2.20. The topological polar surface area (TPSA) is 27.7 Å². The van der Waals surface area contributed by atoms with Crippen LogP contribution in [-0.4, -0.2) is 0 Å². The summed E-state index contributed by atoms with van der Waals surface area (Å²) >= 11 is 0. The Kier molecular flexibility index (Phi) is 7.84. The molecule has 7 aromatic carbocycles. The zero-order valence-corrected chi connectivity index (χ0v) is 22.7. The third kappa shape index (κ3) is 6.40. The molecule has 40 heavy (non-hydrogen) atoms. The molecule has 0 unspecified atom stereocenters. The molecule has 7 aromatic rings. The SMILES string of the molecule is c1ccc2cc(OP(Oc3ccc4ccccc4c3)Oc3ccc4ccccc4c3)ccc2c1.c1ccccc1. The number of hydrogen-bond acceptors (Lipinski definition) is 3. The predicted octanol–water partition coefficient (Wildman–Crippen LogP) is 10.6. The Morgan fingerprint density at radius 2 is 0.550 bits per heavy atom. The minimum absolute atomic E-state index is 0.700. The molecule has 0 bridgehead atoms. The second kappa shape index (κ2) is 12.3. The van der Waals surface area contributed by atoms with E-state index in [1.807, 2.05) is 127 Å². The summed E-state index contributed by atoms with van der Waals surface area (Å²) in [4.78, 5) is 0. The van der Waals surface area contributed by atoms with Gasteiger partial charge in [-0.2, -0.15) is 0 Å². The van der Waals surface area contributed by atoms with Gasteiger partial charge in [-0.05, 0) is 68.7 Å². The molecule has 0 saturated heterocycles. The van der Waals surface area contributed by atoms with Gasteiger partial charge in [0.25, 0.3) is 0 Å². The average molecular weight is 539 g/mol. The first-order valence-corrected chi connectivity index (χ1v) is 14.2. The summed E-state index contributed by atoms with van der Waals surface area (Å²) in [7, 11) is -1.76. The lowest BCUT2D eigenvalue weighted by Crippen LogP contribution is -2.02. The maximum atomic E-state index is 6.27. The lowest BCUT2D eigenvalue weighted by Gasteiger charge is -2.19. The lowest BCUT2D eigenvalue weighted by molar-refractivity contribution is 0.389. The zero-order valence-electron chi connectivity index (χ0n) is 21.8. The van der Waals surface area contributed by atoms with Crippen molar-refractivity contribution in [2.24, 2.45) is 0 Å². The molecule has 0 heterocycles. The Morgan fingerprint density at radius 1 is 0.275 bits per heavy atom. The van der Waals surface area contributed by atoms with Crippen LogP contribution in [0, 0.1) is 0 Å². The number of hydrogen-bond donors (Lipinski definition) is 0. The van der Waals surface area contributed by atoms with Gasteiger partial charge in [0.2, 0.25) is 0 Å². The Bertz CT molecular complexity index is 1630. The molecule has 7 rings (SSSR count). The van der Waals surface area contributed by atoms with E-state index >= 15 is 0 Å². The standard InChI is InChI=1S/C30H21O3P.C6H6/c1-4-10-25-19-28(16-13-22(25)7-1)31-34(32-29-17-14-23-8-2-5-11-26(23)20-29)33-30-18-15-24-9-3-6-12-27(24)21-30;1-2-4-6-5-3-1/h1-21H;1-6H. The summed E-state index contributed by atoms with van der Waals surface area (Å²) in [6.45, 7) is 0. The van der Waals surface area contributed by atoms with Crippen LogP contribution in [0.25, 0.3) is 32.3 Å². The summed E-state index contributed by atoms with van der Waals surface area (Å²) in [5.74, 6) is 2.10. The van der Waals surface area contributed by atoms with Crippen molar-refractivity contribution in [2.45, 2.75) is 0 Å². The van der Waals surface area contributed by atoms with Crippen molar-refractivity contribution in [1.82, 2.24) is 0 Å². The fourth-order valence-corrected chi connectivity index (χ4v) is 5.34. The molecule has 0 saturated carbocycles. The molecule has 0 radical (unpaired) electrons. The fourth-order valence-electron chi connectivity index (χ4n) is 4.37. The van der Waals surface area contributed by atoms with Crippen molar-refractivity contribution in [3.05, 3.63) is 164 Å². The predicted molar refractivity (Wildman–Crippen MR) is 167 cm³/mol. The molecule has 0 aromatic heterocycles. The van der Waals surface area contributed by atoms with Gasteiger partial charge < -0.3 is 13.6 Å². The monoisotopic (exact) mass is 538 g/mol. The minimum atomic E-state index is -1.76. The lowest BCUT2D eigenvalue weighted by atomic mass is 10.1. The third-order valence-electron chi connectivity index (χ3n) is 6.37. The number of benzene rings is 7. The van der Waals surface area contributed by atoms with Crippen LogP contribution in [0.1, 0.15) is 0 Å². The van der Waals surface area contributed by atoms with E-state index in [0.29, 0.717) is 17.2 Å². The summed E-state index contributed by atoms with van der Waals surface area (Å²) in [6.07, 6.45) is 0. The van der Waals surface area contributed by atoms with Gasteiger partial charge in [-0.1, -0.05) is 127 Å².